The lowest BCUT2D eigenvalue weighted by Crippen LogP contribution is -2.46. The van der Waals surface area contributed by atoms with Crippen LogP contribution in [-0.2, 0) is 14.8 Å². The zero-order valence-corrected chi connectivity index (χ0v) is 12.3. The van der Waals surface area contributed by atoms with E-state index < -0.39 is 15.6 Å². The standard InChI is InChI=1S/C11H15BrN2O3S/c1-11(4-5-17-7-11)14-18(15,16)8-2-3-9(12)10(13)6-8/h2-3,6,14H,4-5,7,13H2,1H3. The van der Waals surface area contributed by atoms with E-state index in [0.29, 0.717) is 29.8 Å². The third-order valence-corrected chi connectivity index (χ3v) is 5.24. The summed E-state index contributed by atoms with van der Waals surface area (Å²) < 4.78 is 33.0. The number of sulfonamides is 1. The van der Waals surface area contributed by atoms with Crippen molar-refractivity contribution in [2.75, 3.05) is 18.9 Å². The van der Waals surface area contributed by atoms with Gasteiger partial charge in [-0.05, 0) is 47.5 Å². The Hall–Kier alpha value is -0.630. The fraction of sp³-hybridized carbons (Fsp3) is 0.455. The summed E-state index contributed by atoms with van der Waals surface area (Å²) in [7, 11) is -3.57. The predicted octanol–water partition coefficient (Wildman–Crippen LogP) is 1.49. The van der Waals surface area contributed by atoms with Crippen LogP contribution < -0.4 is 10.5 Å². The van der Waals surface area contributed by atoms with Gasteiger partial charge < -0.3 is 10.5 Å². The van der Waals surface area contributed by atoms with Gasteiger partial charge in [-0.2, -0.15) is 0 Å². The first kappa shape index (κ1) is 13.8. The Kier molecular flexibility index (Phi) is 3.68. The van der Waals surface area contributed by atoms with Crippen LogP contribution >= 0.6 is 15.9 Å². The predicted molar refractivity (Wildman–Crippen MR) is 72.7 cm³/mol. The van der Waals surface area contributed by atoms with Gasteiger partial charge in [-0.25, -0.2) is 13.1 Å². The lowest BCUT2D eigenvalue weighted by atomic mass is 10.0. The van der Waals surface area contributed by atoms with Gasteiger partial charge in [0.1, 0.15) is 0 Å². The summed E-state index contributed by atoms with van der Waals surface area (Å²) in [5.41, 5.74) is 5.55. The highest BCUT2D eigenvalue weighted by Gasteiger charge is 2.34. The maximum Gasteiger partial charge on any atom is 0.241 e. The number of anilines is 1. The second-order valence-electron chi connectivity index (χ2n) is 4.65. The van der Waals surface area contributed by atoms with Gasteiger partial charge in [0.05, 0.1) is 17.0 Å². The van der Waals surface area contributed by atoms with Crippen LogP contribution in [-0.4, -0.2) is 27.2 Å². The molecule has 0 aliphatic carbocycles. The van der Waals surface area contributed by atoms with Crippen molar-refractivity contribution in [1.82, 2.24) is 4.72 Å². The highest BCUT2D eigenvalue weighted by atomic mass is 79.9. The molecule has 1 aromatic carbocycles. The maximum atomic E-state index is 12.2. The van der Waals surface area contributed by atoms with Crippen LogP contribution in [0.25, 0.3) is 0 Å². The van der Waals surface area contributed by atoms with Crippen molar-refractivity contribution in [2.24, 2.45) is 0 Å². The molecule has 1 aliphatic rings. The maximum absolute atomic E-state index is 12.2. The number of rotatable bonds is 3. The van der Waals surface area contributed by atoms with E-state index in [-0.39, 0.29) is 4.90 Å². The molecule has 3 N–H and O–H groups in total. The number of benzene rings is 1. The largest absolute Gasteiger partial charge is 0.398 e. The minimum atomic E-state index is -3.57. The molecule has 0 aromatic heterocycles. The van der Waals surface area contributed by atoms with E-state index in [4.69, 9.17) is 10.5 Å². The van der Waals surface area contributed by atoms with Crippen molar-refractivity contribution in [3.63, 3.8) is 0 Å². The zero-order valence-electron chi connectivity index (χ0n) is 9.94. The average Bonchev–Trinajstić information content (AvgIpc) is 2.67. The van der Waals surface area contributed by atoms with Gasteiger partial charge in [0.15, 0.2) is 0 Å². The van der Waals surface area contributed by atoms with E-state index in [1.54, 1.807) is 6.07 Å². The Morgan fingerprint density at radius 3 is 2.78 bits per heavy atom. The number of nitrogens with two attached hydrogens (primary N) is 1. The summed E-state index contributed by atoms with van der Waals surface area (Å²) in [6.07, 6.45) is 0.665. The Balaban J connectivity index is 2.27. The third-order valence-electron chi connectivity index (χ3n) is 2.88. The van der Waals surface area contributed by atoms with Gasteiger partial charge in [-0.1, -0.05) is 0 Å². The SMILES string of the molecule is CC1(NS(=O)(=O)c2ccc(Br)c(N)c2)CCOC1. The van der Waals surface area contributed by atoms with Crippen molar-refractivity contribution < 1.29 is 13.2 Å². The Morgan fingerprint density at radius 1 is 1.50 bits per heavy atom. The van der Waals surface area contributed by atoms with Gasteiger partial charge in [0.25, 0.3) is 0 Å². The fourth-order valence-corrected chi connectivity index (χ4v) is 3.52. The summed E-state index contributed by atoms with van der Waals surface area (Å²) in [6, 6.07) is 4.57. The minimum Gasteiger partial charge on any atom is -0.398 e. The molecule has 7 heteroatoms. The molecule has 1 aromatic rings. The monoisotopic (exact) mass is 334 g/mol. The number of ether oxygens (including phenoxy) is 1. The van der Waals surface area contributed by atoms with E-state index in [9.17, 15) is 8.42 Å². The summed E-state index contributed by atoms with van der Waals surface area (Å²) in [4.78, 5) is 0.163. The van der Waals surface area contributed by atoms with Crippen molar-refractivity contribution >= 4 is 31.6 Å². The van der Waals surface area contributed by atoms with Crippen LogP contribution in [0, 0.1) is 0 Å². The Morgan fingerprint density at radius 2 is 2.22 bits per heavy atom. The highest BCUT2D eigenvalue weighted by Crippen LogP contribution is 2.25. The molecule has 2 rings (SSSR count). The molecular formula is C11H15BrN2O3S. The number of nitrogens with one attached hydrogen (secondary N) is 1. The number of hydrogen-bond acceptors (Lipinski definition) is 4. The lowest BCUT2D eigenvalue weighted by Gasteiger charge is -2.23. The molecule has 100 valence electrons. The lowest BCUT2D eigenvalue weighted by molar-refractivity contribution is 0.178. The number of nitrogen functional groups attached to an aromatic ring is 1. The van der Waals surface area contributed by atoms with Crippen LogP contribution in [0.4, 0.5) is 5.69 Å². The molecule has 0 spiro atoms. The van der Waals surface area contributed by atoms with E-state index in [2.05, 4.69) is 20.7 Å². The van der Waals surface area contributed by atoms with E-state index in [1.807, 2.05) is 6.92 Å². The zero-order chi connectivity index (χ0) is 13.4. The Labute approximate surface area is 115 Å². The molecule has 1 unspecified atom stereocenters. The average molecular weight is 335 g/mol. The quantitative estimate of drug-likeness (QED) is 0.820. The first-order valence-corrected chi connectivity index (χ1v) is 7.77. The second kappa shape index (κ2) is 4.80. The molecule has 5 nitrogen and oxygen atoms in total. The van der Waals surface area contributed by atoms with Crippen molar-refractivity contribution in [3.8, 4) is 0 Å². The first-order valence-electron chi connectivity index (χ1n) is 5.49. The topological polar surface area (TPSA) is 81.4 Å². The van der Waals surface area contributed by atoms with E-state index >= 15 is 0 Å². The molecule has 0 amide bonds. The molecule has 1 fully saturated rings. The summed E-state index contributed by atoms with van der Waals surface area (Å²) >= 11 is 3.23. The molecule has 0 saturated carbocycles. The molecule has 1 heterocycles. The normalized spacial score (nSPS) is 24.3. The second-order valence-corrected chi connectivity index (χ2v) is 7.19. The summed E-state index contributed by atoms with van der Waals surface area (Å²) in [5, 5.41) is 0. The molecule has 18 heavy (non-hydrogen) atoms. The van der Waals surface area contributed by atoms with Crippen molar-refractivity contribution in [1.29, 1.82) is 0 Å². The highest BCUT2D eigenvalue weighted by molar-refractivity contribution is 9.10. The van der Waals surface area contributed by atoms with Crippen LogP contribution in [0.2, 0.25) is 0 Å². The van der Waals surface area contributed by atoms with Gasteiger partial charge in [0, 0.05) is 16.8 Å². The van der Waals surface area contributed by atoms with Crippen molar-refractivity contribution in [2.45, 2.75) is 23.8 Å². The van der Waals surface area contributed by atoms with Crippen LogP contribution in [0.3, 0.4) is 0 Å². The smallest absolute Gasteiger partial charge is 0.241 e. The van der Waals surface area contributed by atoms with Gasteiger partial charge in [-0.15, -0.1) is 0 Å². The van der Waals surface area contributed by atoms with E-state index in [0.717, 1.165) is 0 Å². The molecule has 1 atom stereocenters. The van der Waals surface area contributed by atoms with Crippen LogP contribution in [0.1, 0.15) is 13.3 Å². The van der Waals surface area contributed by atoms with Gasteiger partial charge >= 0.3 is 0 Å². The fourth-order valence-electron chi connectivity index (χ4n) is 1.82. The van der Waals surface area contributed by atoms with Gasteiger partial charge in [0.2, 0.25) is 10.0 Å². The Bertz CT molecular complexity index is 553. The molecule has 1 aliphatic heterocycles. The number of hydrogen-bond donors (Lipinski definition) is 2. The first-order chi connectivity index (χ1) is 8.32. The minimum absolute atomic E-state index is 0.163. The molecule has 0 bridgehead atoms. The van der Waals surface area contributed by atoms with Gasteiger partial charge in [-0.3, -0.25) is 0 Å². The van der Waals surface area contributed by atoms with Crippen molar-refractivity contribution in [3.05, 3.63) is 22.7 Å². The van der Waals surface area contributed by atoms with Crippen LogP contribution in [0.15, 0.2) is 27.6 Å². The summed E-state index contributed by atoms with van der Waals surface area (Å²) in [6.45, 7) is 2.79. The third kappa shape index (κ3) is 2.85. The molecule has 0 radical (unpaired) electrons. The van der Waals surface area contributed by atoms with Crippen LogP contribution in [0.5, 0.6) is 0 Å². The van der Waals surface area contributed by atoms with E-state index in [1.165, 1.54) is 12.1 Å². The molecule has 1 saturated heterocycles. The number of halogens is 1. The molecular weight excluding hydrogens is 320 g/mol. The summed E-state index contributed by atoms with van der Waals surface area (Å²) in [5.74, 6) is 0.